The molecule has 0 fully saturated rings. The maximum atomic E-state index is 14.0. The van der Waals surface area contributed by atoms with E-state index in [0.29, 0.717) is 17.7 Å². The van der Waals surface area contributed by atoms with Crippen LogP contribution < -0.4 is 0 Å². The van der Waals surface area contributed by atoms with Gasteiger partial charge in [0.2, 0.25) is 0 Å². The quantitative estimate of drug-likeness (QED) is 0.873. The molecule has 5 nitrogen and oxygen atoms in total. The Balaban J connectivity index is 2.51. The molecule has 1 aromatic carbocycles. The SMILES string of the molecule is O=C(O)c1c(F)ccc(S(=O)(=O)Cc2ccncc2)c1F. The van der Waals surface area contributed by atoms with Gasteiger partial charge in [0.15, 0.2) is 15.7 Å². The second-order valence-electron chi connectivity index (χ2n) is 4.15. The molecular weight excluding hydrogens is 304 g/mol. The van der Waals surface area contributed by atoms with Gasteiger partial charge in [-0.2, -0.15) is 0 Å². The highest BCUT2D eigenvalue weighted by Gasteiger charge is 2.27. The number of aromatic nitrogens is 1. The smallest absolute Gasteiger partial charge is 0.341 e. The molecule has 0 saturated heterocycles. The van der Waals surface area contributed by atoms with Crippen molar-refractivity contribution in [3.8, 4) is 0 Å². The zero-order valence-electron chi connectivity index (χ0n) is 10.5. The van der Waals surface area contributed by atoms with Crippen molar-refractivity contribution in [2.45, 2.75) is 10.6 Å². The van der Waals surface area contributed by atoms with E-state index in [0.717, 1.165) is 0 Å². The minimum atomic E-state index is -4.15. The number of benzene rings is 1. The molecule has 0 bridgehead atoms. The summed E-state index contributed by atoms with van der Waals surface area (Å²) in [5.41, 5.74) is -0.934. The minimum Gasteiger partial charge on any atom is -0.477 e. The second kappa shape index (κ2) is 5.57. The summed E-state index contributed by atoms with van der Waals surface area (Å²) >= 11 is 0. The minimum absolute atomic E-state index is 0.352. The number of rotatable bonds is 4. The van der Waals surface area contributed by atoms with Gasteiger partial charge in [-0.1, -0.05) is 0 Å². The van der Waals surface area contributed by atoms with Gasteiger partial charge in [-0.3, -0.25) is 4.98 Å². The molecule has 0 aliphatic carbocycles. The lowest BCUT2D eigenvalue weighted by molar-refractivity contribution is 0.0685. The van der Waals surface area contributed by atoms with Crippen LogP contribution in [-0.2, 0) is 15.6 Å². The van der Waals surface area contributed by atoms with Gasteiger partial charge in [-0.25, -0.2) is 22.0 Å². The summed E-state index contributed by atoms with van der Waals surface area (Å²) in [4.78, 5) is 13.7. The average Bonchev–Trinajstić information content (AvgIpc) is 2.38. The Morgan fingerprint density at radius 2 is 1.76 bits per heavy atom. The molecule has 2 aromatic rings. The van der Waals surface area contributed by atoms with Crippen molar-refractivity contribution in [3.05, 3.63) is 59.4 Å². The van der Waals surface area contributed by atoms with E-state index >= 15 is 0 Å². The zero-order valence-corrected chi connectivity index (χ0v) is 11.3. The van der Waals surface area contributed by atoms with E-state index < -0.39 is 43.7 Å². The molecule has 1 heterocycles. The third-order valence-electron chi connectivity index (χ3n) is 2.71. The number of pyridine rings is 1. The molecule has 0 saturated carbocycles. The maximum Gasteiger partial charge on any atom is 0.341 e. The van der Waals surface area contributed by atoms with E-state index in [-0.39, 0.29) is 0 Å². The molecule has 0 unspecified atom stereocenters. The Hall–Kier alpha value is -2.35. The molecular formula is C13H9F2NO4S. The normalized spacial score (nSPS) is 11.3. The van der Waals surface area contributed by atoms with E-state index in [1.165, 1.54) is 24.5 Å². The number of carboxylic acid groups (broad SMARTS) is 1. The van der Waals surface area contributed by atoms with Crippen LogP contribution in [-0.4, -0.2) is 24.5 Å². The summed E-state index contributed by atoms with van der Waals surface area (Å²) in [6.07, 6.45) is 2.74. The summed E-state index contributed by atoms with van der Waals surface area (Å²) in [6, 6.07) is 4.19. The van der Waals surface area contributed by atoms with E-state index in [4.69, 9.17) is 5.11 Å². The van der Waals surface area contributed by atoms with Gasteiger partial charge in [-0.05, 0) is 29.8 Å². The summed E-state index contributed by atoms with van der Waals surface area (Å²) in [6.45, 7) is 0. The van der Waals surface area contributed by atoms with Crippen LogP contribution in [0.2, 0.25) is 0 Å². The largest absolute Gasteiger partial charge is 0.477 e. The van der Waals surface area contributed by atoms with E-state index in [2.05, 4.69) is 4.98 Å². The first-order chi connectivity index (χ1) is 9.83. The van der Waals surface area contributed by atoms with E-state index in [1.54, 1.807) is 0 Å². The van der Waals surface area contributed by atoms with Crippen LogP contribution in [0.4, 0.5) is 8.78 Å². The van der Waals surface area contributed by atoms with Crippen molar-refractivity contribution in [1.82, 2.24) is 4.98 Å². The highest BCUT2D eigenvalue weighted by atomic mass is 32.2. The molecule has 0 atom stereocenters. The van der Waals surface area contributed by atoms with Crippen LogP contribution in [0.25, 0.3) is 0 Å². The van der Waals surface area contributed by atoms with Gasteiger partial charge in [0.1, 0.15) is 16.3 Å². The van der Waals surface area contributed by atoms with Crippen molar-refractivity contribution >= 4 is 15.8 Å². The average molecular weight is 313 g/mol. The monoisotopic (exact) mass is 313 g/mol. The number of carboxylic acids is 1. The molecule has 1 aromatic heterocycles. The lowest BCUT2D eigenvalue weighted by Crippen LogP contribution is -2.13. The first-order valence-corrected chi connectivity index (χ1v) is 7.31. The van der Waals surface area contributed by atoms with Crippen LogP contribution >= 0.6 is 0 Å². The first-order valence-electron chi connectivity index (χ1n) is 5.66. The number of nitrogens with zero attached hydrogens (tertiary/aromatic N) is 1. The fourth-order valence-corrected chi connectivity index (χ4v) is 3.18. The second-order valence-corrected chi connectivity index (χ2v) is 6.11. The summed E-state index contributed by atoms with van der Waals surface area (Å²) in [5, 5.41) is 8.74. The first kappa shape index (κ1) is 15.0. The number of aromatic carboxylic acids is 1. The third kappa shape index (κ3) is 3.05. The molecule has 0 aliphatic heterocycles. The van der Waals surface area contributed by atoms with Gasteiger partial charge in [0.05, 0.1) is 5.75 Å². The standard InChI is InChI=1S/C13H9F2NO4S/c14-9-1-2-10(12(15)11(9)13(17)18)21(19,20)7-8-3-5-16-6-4-8/h1-6H,7H2,(H,17,18). The third-order valence-corrected chi connectivity index (χ3v) is 4.41. The van der Waals surface area contributed by atoms with Gasteiger partial charge in [-0.15, -0.1) is 0 Å². The topological polar surface area (TPSA) is 84.3 Å². The van der Waals surface area contributed by atoms with Crippen LogP contribution in [0.5, 0.6) is 0 Å². The Kier molecular flexibility index (Phi) is 3.99. The summed E-state index contributed by atoms with van der Waals surface area (Å²) in [5.74, 6) is -5.35. The Morgan fingerprint density at radius 1 is 1.14 bits per heavy atom. The molecule has 8 heteroatoms. The van der Waals surface area contributed by atoms with Crippen molar-refractivity contribution in [3.63, 3.8) is 0 Å². The van der Waals surface area contributed by atoms with Gasteiger partial charge in [0.25, 0.3) is 0 Å². The highest BCUT2D eigenvalue weighted by Crippen LogP contribution is 2.24. The number of hydrogen-bond acceptors (Lipinski definition) is 4. The van der Waals surface area contributed by atoms with Gasteiger partial charge < -0.3 is 5.11 Å². The number of carbonyl (C=O) groups is 1. The van der Waals surface area contributed by atoms with Crippen LogP contribution in [0.15, 0.2) is 41.6 Å². The molecule has 0 radical (unpaired) electrons. The van der Waals surface area contributed by atoms with E-state index in [1.807, 2.05) is 0 Å². The number of halogens is 2. The Morgan fingerprint density at radius 3 is 2.33 bits per heavy atom. The van der Waals surface area contributed by atoms with Crippen LogP contribution in [0, 0.1) is 11.6 Å². The molecule has 0 spiro atoms. The van der Waals surface area contributed by atoms with Crippen LogP contribution in [0.3, 0.4) is 0 Å². The van der Waals surface area contributed by atoms with Crippen molar-refractivity contribution < 1.29 is 27.1 Å². The van der Waals surface area contributed by atoms with Crippen molar-refractivity contribution in [1.29, 1.82) is 0 Å². The Bertz CT molecular complexity index is 791. The molecule has 2 rings (SSSR count). The lowest BCUT2D eigenvalue weighted by atomic mass is 10.2. The fraction of sp³-hybridized carbons (Fsp3) is 0.0769. The number of hydrogen-bond donors (Lipinski definition) is 1. The molecule has 110 valence electrons. The maximum absolute atomic E-state index is 14.0. The number of sulfone groups is 1. The molecule has 21 heavy (non-hydrogen) atoms. The summed E-state index contributed by atoms with van der Waals surface area (Å²) < 4.78 is 51.5. The fourth-order valence-electron chi connectivity index (χ4n) is 1.75. The Labute approximate surface area is 118 Å². The van der Waals surface area contributed by atoms with Gasteiger partial charge in [0, 0.05) is 12.4 Å². The van der Waals surface area contributed by atoms with Gasteiger partial charge >= 0.3 is 5.97 Å². The van der Waals surface area contributed by atoms with Crippen molar-refractivity contribution in [2.24, 2.45) is 0 Å². The predicted octanol–water partition coefficient (Wildman–Crippen LogP) is 2.03. The predicted molar refractivity (Wildman–Crippen MR) is 68.4 cm³/mol. The van der Waals surface area contributed by atoms with Crippen LogP contribution in [0.1, 0.15) is 15.9 Å². The molecule has 1 N–H and O–H groups in total. The molecule has 0 amide bonds. The summed E-state index contributed by atoms with van der Waals surface area (Å²) in [7, 11) is -4.15. The van der Waals surface area contributed by atoms with Crippen molar-refractivity contribution in [2.75, 3.05) is 0 Å². The highest BCUT2D eigenvalue weighted by molar-refractivity contribution is 7.90. The molecule has 0 aliphatic rings. The van der Waals surface area contributed by atoms with E-state index in [9.17, 15) is 22.0 Å². The zero-order chi connectivity index (χ0) is 15.6. The lowest BCUT2D eigenvalue weighted by Gasteiger charge is -2.08.